The van der Waals surface area contributed by atoms with Gasteiger partial charge in [-0.3, -0.25) is 4.79 Å². The maximum atomic E-state index is 12.3. The second kappa shape index (κ2) is 6.98. The molecule has 0 aliphatic heterocycles. The van der Waals surface area contributed by atoms with Crippen molar-refractivity contribution >= 4 is 15.9 Å². The van der Waals surface area contributed by atoms with Crippen molar-refractivity contribution in [2.75, 3.05) is 13.6 Å². The number of likely N-dealkylation sites (N-methyl/N-ethyl adjacent to an activating group) is 1. The van der Waals surface area contributed by atoms with Crippen molar-refractivity contribution in [1.29, 1.82) is 0 Å². The first-order valence-electron chi connectivity index (χ1n) is 6.84. The molecular formula is C14H19F3N2O4S. The Morgan fingerprint density at radius 1 is 1.17 bits per heavy atom. The molecule has 0 saturated carbocycles. The van der Waals surface area contributed by atoms with Gasteiger partial charge >= 0.3 is 6.36 Å². The Labute approximate surface area is 138 Å². The van der Waals surface area contributed by atoms with E-state index < -0.39 is 40.1 Å². The Bertz CT molecular complexity index is 679. The van der Waals surface area contributed by atoms with E-state index in [1.54, 1.807) is 20.8 Å². The molecule has 0 aromatic heterocycles. The van der Waals surface area contributed by atoms with Crippen LogP contribution in [0.1, 0.15) is 20.8 Å². The van der Waals surface area contributed by atoms with E-state index in [1.165, 1.54) is 7.05 Å². The lowest BCUT2D eigenvalue weighted by Gasteiger charge is -2.23. The Morgan fingerprint density at radius 3 is 2.08 bits per heavy atom. The Balaban J connectivity index is 2.86. The predicted molar refractivity (Wildman–Crippen MR) is 80.8 cm³/mol. The second-order valence-corrected chi connectivity index (χ2v) is 8.12. The van der Waals surface area contributed by atoms with Crippen LogP contribution in [0.25, 0.3) is 0 Å². The predicted octanol–water partition coefficient (Wildman–Crippen LogP) is 2.12. The number of ether oxygens (including phenoxy) is 1. The van der Waals surface area contributed by atoms with E-state index in [2.05, 4.69) is 10.1 Å². The highest BCUT2D eigenvalue weighted by Gasteiger charge is 2.31. The topological polar surface area (TPSA) is 75.7 Å². The third kappa shape index (κ3) is 6.36. The summed E-state index contributed by atoms with van der Waals surface area (Å²) in [5, 5.41) is 2.62. The minimum absolute atomic E-state index is 0.247. The number of sulfonamides is 1. The molecule has 10 heteroatoms. The molecule has 0 aliphatic carbocycles. The average Bonchev–Trinajstić information content (AvgIpc) is 2.34. The van der Waals surface area contributed by atoms with Crippen LogP contribution in [0.3, 0.4) is 0 Å². The number of nitrogens with zero attached hydrogens (tertiary/aromatic N) is 1. The van der Waals surface area contributed by atoms with Gasteiger partial charge in [0.25, 0.3) is 0 Å². The van der Waals surface area contributed by atoms with Gasteiger partial charge < -0.3 is 10.1 Å². The van der Waals surface area contributed by atoms with Gasteiger partial charge in [0.2, 0.25) is 15.9 Å². The maximum Gasteiger partial charge on any atom is 0.573 e. The Kier molecular flexibility index (Phi) is 5.88. The summed E-state index contributed by atoms with van der Waals surface area (Å²) in [6.07, 6.45) is -4.86. The van der Waals surface area contributed by atoms with Crippen molar-refractivity contribution in [1.82, 2.24) is 9.62 Å². The van der Waals surface area contributed by atoms with E-state index in [0.717, 1.165) is 28.6 Å². The quantitative estimate of drug-likeness (QED) is 0.864. The summed E-state index contributed by atoms with van der Waals surface area (Å²) in [6, 6.07) is 3.75. The first kappa shape index (κ1) is 20.2. The van der Waals surface area contributed by atoms with Gasteiger partial charge in [0, 0.05) is 12.6 Å². The molecule has 0 unspecified atom stereocenters. The van der Waals surface area contributed by atoms with Crippen LogP contribution in [0.5, 0.6) is 5.75 Å². The van der Waals surface area contributed by atoms with E-state index in [0.29, 0.717) is 0 Å². The third-order valence-electron chi connectivity index (χ3n) is 2.65. The summed E-state index contributed by atoms with van der Waals surface area (Å²) in [7, 11) is -2.81. The largest absolute Gasteiger partial charge is 0.573 e. The molecule has 0 radical (unpaired) electrons. The third-order valence-corrected chi connectivity index (χ3v) is 4.46. The van der Waals surface area contributed by atoms with E-state index in [1.807, 2.05) is 0 Å². The molecule has 0 heterocycles. The number of hydrogen-bond donors (Lipinski definition) is 1. The van der Waals surface area contributed by atoms with Crippen LogP contribution in [-0.4, -0.2) is 44.1 Å². The first-order valence-corrected chi connectivity index (χ1v) is 8.28. The van der Waals surface area contributed by atoms with Crippen molar-refractivity contribution < 1.29 is 31.1 Å². The summed E-state index contributed by atoms with van der Waals surface area (Å²) >= 11 is 0. The summed E-state index contributed by atoms with van der Waals surface area (Å²) in [6.45, 7) is 4.83. The number of halogens is 3. The maximum absolute atomic E-state index is 12.3. The molecule has 0 aliphatic rings. The van der Waals surface area contributed by atoms with Gasteiger partial charge in [0.05, 0.1) is 11.4 Å². The molecule has 6 nitrogen and oxygen atoms in total. The molecule has 0 bridgehead atoms. The lowest BCUT2D eigenvalue weighted by Crippen LogP contribution is -2.46. The van der Waals surface area contributed by atoms with Crippen LogP contribution < -0.4 is 10.1 Å². The number of rotatable bonds is 5. The van der Waals surface area contributed by atoms with E-state index in [4.69, 9.17) is 0 Å². The molecule has 136 valence electrons. The zero-order valence-corrected chi connectivity index (χ0v) is 14.5. The molecule has 1 rings (SSSR count). The van der Waals surface area contributed by atoms with Crippen LogP contribution >= 0.6 is 0 Å². The average molecular weight is 368 g/mol. The number of hydrogen-bond acceptors (Lipinski definition) is 4. The van der Waals surface area contributed by atoms with Crippen molar-refractivity contribution in [2.45, 2.75) is 37.6 Å². The summed E-state index contributed by atoms with van der Waals surface area (Å²) < 4.78 is 65.4. The lowest BCUT2D eigenvalue weighted by atomic mass is 10.1. The van der Waals surface area contributed by atoms with Gasteiger partial charge in [0.1, 0.15) is 5.75 Å². The summed E-state index contributed by atoms with van der Waals surface area (Å²) in [4.78, 5) is 11.5. The fraction of sp³-hybridized carbons (Fsp3) is 0.500. The highest BCUT2D eigenvalue weighted by molar-refractivity contribution is 7.89. The number of alkyl halides is 3. The van der Waals surface area contributed by atoms with Crippen LogP contribution in [-0.2, 0) is 14.8 Å². The fourth-order valence-corrected chi connectivity index (χ4v) is 2.87. The van der Waals surface area contributed by atoms with E-state index in [9.17, 15) is 26.4 Å². The van der Waals surface area contributed by atoms with E-state index in [-0.39, 0.29) is 4.90 Å². The Morgan fingerprint density at radius 2 is 1.67 bits per heavy atom. The van der Waals surface area contributed by atoms with Crippen LogP contribution in [0, 0.1) is 0 Å². The van der Waals surface area contributed by atoms with Crippen molar-refractivity contribution in [3.05, 3.63) is 24.3 Å². The number of amides is 1. The molecule has 1 aromatic rings. The number of nitrogens with one attached hydrogen (secondary N) is 1. The second-order valence-electron chi connectivity index (χ2n) is 6.08. The highest BCUT2D eigenvalue weighted by Crippen LogP contribution is 2.24. The van der Waals surface area contributed by atoms with Gasteiger partial charge in [-0.25, -0.2) is 8.42 Å². The molecule has 1 N–H and O–H groups in total. The smallest absolute Gasteiger partial charge is 0.406 e. The van der Waals surface area contributed by atoms with Crippen molar-refractivity contribution in [3.8, 4) is 5.75 Å². The monoisotopic (exact) mass is 368 g/mol. The highest BCUT2D eigenvalue weighted by atomic mass is 32.2. The van der Waals surface area contributed by atoms with Gasteiger partial charge in [-0.2, -0.15) is 4.31 Å². The molecule has 24 heavy (non-hydrogen) atoms. The Hall–Kier alpha value is -1.81. The minimum Gasteiger partial charge on any atom is -0.406 e. The normalized spacial score (nSPS) is 13.0. The fourth-order valence-electron chi connectivity index (χ4n) is 1.74. The molecule has 1 amide bonds. The van der Waals surface area contributed by atoms with Gasteiger partial charge in [-0.15, -0.1) is 13.2 Å². The molecule has 0 saturated heterocycles. The summed E-state index contributed by atoms with van der Waals surface area (Å²) in [5.41, 5.74) is -0.516. The molecule has 1 aromatic carbocycles. The minimum atomic E-state index is -4.86. The zero-order chi connectivity index (χ0) is 18.8. The summed E-state index contributed by atoms with van der Waals surface area (Å²) in [5.74, 6) is -1.03. The SMILES string of the molecule is CN(CC(=O)NC(C)(C)C)S(=O)(=O)c1ccc(OC(F)(F)F)cc1. The van der Waals surface area contributed by atoms with Gasteiger partial charge in [-0.05, 0) is 45.0 Å². The zero-order valence-electron chi connectivity index (χ0n) is 13.6. The first-order chi connectivity index (χ1) is 10.7. The molecule has 0 fully saturated rings. The van der Waals surface area contributed by atoms with Crippen LogP contribution in [0.15, 0.2) is 29.2 Å². The number of carbonyl (C=O) groups excluding carboxylic acids is 1. The molecule has 0 atom stereocenters. The standard InChI is InChI=1S/C14H19F3N2O4S/c1-13(2,3)18-12(20)9-19(4)24(21,22)11-7-5-10(6-8-11)23-14(15,16)17/h5-8H,9H2,1-4H3,(H,18,20). The van der Waals surface area contributed by atoms with Gasteiger partial charge in [-0.1, -0.05) is 0 Å². The number of benzene rings is 1. The van der Waals surface area contributed by atoms with Crippen molar-refractivity contribution in [2.24, 2.45) is 0 Å². The van der Waals surface area contributed by atoms with E-state index >= 15 is 0 Å². The lowest BCUT2D eigenvalue weighted by molar-refractivity contribution is -0.274. The van der Waals surface area contributed by atoms with Crippen LogP contribution in [0.2, 0.25) is 0 Å². The van der Waals surface area contributed by atoms with Crippen LogP contribution in [0.4, 0.5) is 13.2 Å². The molecule has 0 spiro atoms. The van der Waals surface area contributed by atoms with Crippen molar-refractivity contribution in [3.63, 3.8) is 0 Å². The van der Waals surface area contributed by atoms with Gasteiger partial charge in [0.15, 0.2) is 0 Å². The molecular weight excluding hydrogens is 349 g/mol. The number of carbonyl (C=O) groups is 1.